The number of nitrogens with one attached hydrogen (secondary N) is 2. The van der Waals surface area contributed by atoms with E-state index < -0.39 is 0 Å². The van der Waals surface area contributed by atoms with Crippen LogP contribution in [-0.4, -0.2) is 68.1 Å². The molecule has 0 unspecified atom stereocenters. The summed E-state index contributed by atoms with van der Waals surface area (Å²) < 4.78 is 0. The van der Waals surface area contributed by atoms with Crippen LogP contribution in [0.25, 0.3) is 0 Å². The molecule has 28 heavy (non-hydrogen) atoms. The number of piperidine rings is 2. The molecule has 2 heterocycles. The summed E-state index contributed by atoms with van der Waals surface area (Å²) in [7, 11) is 4.07. The fourth-order valence-corrected chi connectivity index (χ4v) is 4.50. The van der Waals surface area contributed by atoms with Crippen LogP contribution < -0.4 is 10.6 Å². The van der Waals surface area contributed by atoms with E-state index in [1.54, 1.807) is 0 Å². The highest BCUT2D eigenvalue weighted by atomic mass is 127. The van der Waals surface area contributed by atoms with Crippen molar-refractivity contribution in [1.29, 1.82) is 0 Å². The van der Waals surface area contributed by atoms with Crippen LogP contribution in [0.5, 0.6) is 0 Å². The standard InChI is InChI=1S/C21H34ClN5.HI/c1-23-20(24-16-18-8-4-5-9-19(18)22)25-17-21(10-14-26(2)15-11-21)27-12-6-3-7-13-27;/h4-5,8-9H,3,6-7,10-17H2,1-2H3,(H2,23,24,25);1H. The third kappa shape index (κ3) is 6.21. The molecule has 0 spiro atoms. The SMILES string of the molecule is CN=C(NCc1ccccc1Cl)NCC1(N2CCCCC2)CCN(C)CC1.I. The topological polar surface area (TPSA) is 42.9 Å². The summed E-state index contributed by atoms with van der Waals surface area (Å²) in [5.41, 5.74) is 1.33. The molecule has 2 N–H and O–H groups in total. The van der Waals surface area contributed by atoms with E-state index in [9.17, 15) is 0 Å². The molecule has 0 aromatic heterocycles. The average molecular weight is 520 g/mol. The van der Waals surface area contributed by atoms with Crippen LogP contribution in [0.3, 0.4) is 0 Å². The second-order valence-corrected chi connectivity index (χ2v) is 8.35. The van der Waals surface area contributed by atoms with Crippen molar-refractivity contribution in [2.45, 2.75) is 44.2 Å². The molecule has 1 aromatic rings. The number of rotatable bonds is 5. The predicted octanol–water partition coefficient (Wildman–Crippen LogP) is 3.57. The Bertz CT molecular complexity index is 625. The summed E-state index contributed by atoms with van der Waals surface area (Å²) in [5, 5.41) is 7.83. The van der Waals surface area contributed by atoms with E-state index >= 15 is 0 Å². The highest BCUT2D eigenvalue weighted by molar-refractivity contribution is 14.0. The number of benzene rings is 1. The number of likely N-dealkylation sites (tertiary alicyclic amines) is 2. The lowest BCUT2D eigenvalue weighted by Gasteiger charge is -2.50. The van der Waals surface area contributed by atoms with E-state index in [-0.39, 0.29) is 29.5 Å². The normalized spacial score (nSPS) is 21.0. The van der Waals surface area contributed by atoms with Crippen molar-refractivity contribution in [2.75, 3.05) is 46.8 Å². The Kier molecular flexibility index (Phi) is 9.80. The lowest BCUT2D eigenvalue weighted by Crippen LogP contribution is -2.62. The minimum absolute atomic E-state index is 0. The number of hydrogen-bond acceptors (Lipinski definition) is 3. The number of nitrogens with zero attached hydrogens (tertiary/aromatic N) is 3. The molecule has 0 saturated carbocycles. The number of guanidine groups is 1. The van der Waals surface area contributed by atoms with Gasteiger partial charge in [0.1, 0.15) is 0 Å². The number of halogens is 2. The van der Waals surface area contributed by atoms with Gasteiger partial charge in [-0.2, -0.15) is 0 Å². The van der Waals surface area contributed by atoms with Crippen LogP contribution >= 0.6 is 35.6 Å². The Morgan fingerprint density at radius 3 is 2.39 bits per heavy atom. The summed E-state index contributed by atoms with van der Waals surface area (Å²) in [6.07, 6.45) is 6.48. The van der Waals surface area contributed by atoms with E-state index in [1.807, 2.05) is 25.2 Å². The third-order valence-electron chi connectivity index (χ3n) is 6.16. The van der Waals surface area contributed by atoms with Gasteiger partial charge in [0.15, 0.2) is 5.96 Å². The van der Waals surface area contributed by atoms with Crippen molar-refractivity contribution in [3.63, 3.8) is 0 Å². The molecule has 2 aliphatic heterocycles. The van der Waals surface area contributed by atoms with Gasteiger partial charge in [-0.1, -0.05) is 36.2 Å². The monoisotopic (exact) mass is 519 g/mol. The van der Waals surface area contributed by atoms with Gasteiger partial charge >= 0.3 is 0 Å². The highest BCUT2D eigenvalue weighted by Gasteiger charge is 2.39. The zero-order valence-corrected chi connectivity index (χ0v) is 20.3. The van der Waals surface area contributed by atoms with Crippen molar-refractivity contribution in [1.82, 2.24) is 20.4 Å². The zero-order valence-electron chi connectivity index (χ0n) is 17.2. The maximum atomic E-state index is 6.28. The summed E-state index contributed by atoms with van der Waals surface area (Å²) in [6, 6.07) is 7.96. The van der Waals surface area contributed by atoms with Gasteiger partial charge in [-0.15, -0.1) is 24.0 Å². The summed E-state index contributed by atoms with van der Waals surface area (Å²) >= 11 is 6.28. The molecule has 3 rings (SSSR count). The average Bonchev–Trinajstić information content (AvgIpc) is 2.71. The predicted molar refractivity (Wildman–Crippen MR) is 130 cm³/mol. The van der Waals surface area contributed by atoms with Crippen molar-refractivity contribution >= 4 is 41.5 Å². The van der Waals surface area contributed by atoms with E-state index in [0.717, 1.165) is 23.1 Å². The first kappa shape index (κ1) is 23.7. The second kappa shape index (κ2) is 11.6. The minimum atomic E-state index is 0. The van der Waals surface area contributed by atoms with Gasteiger partial charge in [0.2, 0.25) is 0 Å². The molecule has 0 radical (unpaired) electrons. The Hall–Kier alpha value is -0.570. The lowest BCUT2D eigenvalue weighted by molar-refractivity contribution is 0.0173. The van der Waals surface area contributed by atoms with Crippen molar-refractivity contribution in [3.8, 4) is 0 Å². The Morgan fingerprint density at radius 1 is 1.07 bits per heavy atom. The molecule has 0 aliphatic carbocycles. The molecule has 5 nitrogen and oxygen atoms in total. The van der Waals surface area contributed by atoms with Crippen molar-refractivity contribution in [3.05, 3.63) is 34.9 Å². The lowest BCUT2D eigenvalue weighted by atomic mass is 9.84. The van der Waals surface area contributed by atoms with Gasteiger partial charge in [0.05, 0.1) is 0 Å². The van der Waals surface area contributed by atoms with Crippen LogP contribution in [0.15, 0.2) is 29.3 Å². The molecule has 2 saturated heterocycles. The summed E-state index contributed by atoms with van der Waals surface area (Å²) in [5.74, 6) is 0.852. The van der Waals surface area contributed by atoms with Crippen LogP contribution in [0.4, 0.5) is 0 Å². The molecule has 0 bridgehead atoms. The zero-order chi connectivity index (χ0) is 19.1. The van der Waals surface area contributed by atoms with E-state index in [2.05, 4.69) is 38.5 Å². The Labute approximate surface area is 192 Å². The fourth-order valence-electron chi connectivity index (χ4n) is 4.30. The minimum Gasteiger partial charge on any atom is -0.355 e. The van der Waals surface area contributed by atoms with Gasteiger partial charge < -0.3 is 15.5 Å². The summed E-state index contributed by atoms with van der Waals surface area (Å²) in [4.78, 5) is 9.63. The largest absolute Gasteiger partial charge is 0.355 e. The Morgan fingerprint density at radius 2 is 1.75 bits per heavy atom. The van der Waals surface area contributed by atoms with Crippen molar-refractivity contribution < 1.29 is 0 Å². The maximum Gasteiger partial charge on any atom is 0.191 e. The third-order valence-corrected chi connectivity index (χ3v) is 6.53. The Balaban J connectivity index is 0.00000280. The van der Waals surface area contributed by atoms with Crippen LogP contribution in [0, 0.1) is 0 Å². The smallest absolute Gasteiger partial charge is 0.191 e. The van der Waals surface area contributed by atoms with Gasteiger partial charge in [0, 0.05) is 30.7 Å². The molecule has 2 aliphatic rings. The fraction of sp³-hybridized carbons (Fsp3) is 0.667. The first-order valence-electron chi connectivity index (χ1n) is 10.2. The van der Waals surface area contributed by atoms with Crippen LogP contribution in [0.1, 0.15) is 37.7 Å². The van der Waals surface area contributed by atoms with E-state index in [0.29, 0.717) is 6.54 Å². The molecule has 1 aromatic carbocycles. The molecular formula is C21H35ClIN5. The first-order chi connectivity index (χ1) is 13.1. The molecule has 0 atom stereocenters. The van der Waals surface area contributed by atoms with Gasteiger partial charge in [-0.05, 0) is 70.5 Å². The first-order valence-corrected chi connectivity index (χ1v) is 10.6. The molecule has 2 fully saturated rings. The van der Waals surface area contributed by atoms with Gasteiger partial charge in [-0.3, -0.25) is 9.89 Å². The van der Waals surface area contributed by atoms with Crippen LogP contribution in [0.2, 0.25) is 5.02 Å². The quantitative estimate of drug-likeness (QED) is 0.355. The second-order valence-electron chi connectivity index (χ2n) is 7.95. The maximum absolute atomic E-state index is 6.28. The van der Waals surface area contributed by atoms with Gasteiger partial charge in [-0.25, -0.2) is 0 Å². The molecule has 158 valence electrons. The van der Waals surface area contributed by atoms with Gasteiger partial charge in [0.25, 0.3) is 0 Å². The number of aliphatic imine (C=N–C) groups is 1. The van der Waals surface area contributed by atoms with Crippen molar-refractivity contribution in [2.24, 2.45) is 4.99 Å². The van der Waals surface area contributed by atoms with Crippen LogP contribution in [-0.2, 0) is 6.54 Å². The summed E-state index contributed by atoms with van der Waals surface area (Å²) in [6.45, 7) is 6.43. The molecular weight excluding hydrogens is 485 g/mol. The van der Waals surface area contributed by atoms with E-state index in [4.69, 9.17) is 11.6 Å². The molecule has 0 amide bonds. The molecule has 7 heteroatoms. The number of hydrogen-bond donors (Lipinski definition) is 2. The highest BCUT2D eigenvalue weighted by Crippen LogP contribution is 2.30. The van der Waals surface area contributed by atoms with E-state index in [1.165, 1.54) is 58.3 Å².